The molecule has 0 fully saturated rings. The van der Waals surface area contributed by atoms with Crippen LogP contribution in [0.25, 0.3) is 5.69 Å². The van der Waals surface area contributed by atoms with Crippen LogP contribution in [0.2, 0.25) is 0 Å². The number of carbonyl (C=O) groups excluding carboxylic acids is 1. The highest BCUT2D eigenvalue weighted by molar-refractivity contribution is 5.94. The Morgan fingerprint density at radius 1 is 1.14 bits per heavy atom. The Morgan fingerprint density at radius 2 is 1.86 bits per heavy atom. The first-order valence-electron chi connectivity index (χ1n) is 8.45. The molecule has 0 radical (unpaired) electrons. The summed E-state index contributed by atoms with van der Waals surface area (Å²) >= 11 is 0. The van der Waals surface area contributed by atoms with E-state index in [2.05, 4.69) is 10.4 Å². The van der Waals surface area contributed by atoms with Crippen LogP contribution >= 0.6 is 0 Å². The highest BCUT2D eigenvalue weighted by Gasteiger charge is 2.30. The molecule has 3 aromatic rings. The Balaban J connectivity index is 1.84. The largest absolute Gasteiger partial charge is 0.416 e. The van der Waals surface area contributed by atoms with E-state index in [9.17, 15) is 22.4 Å². The molecule has 1 amide bonds. The van der Waals surface area contributed by atoms with E-state index in [0.717, 1.165) is 18.2 Å². The number of rotatable bonds is 4. The zero-order chi connectivity index (χ0) is 20.5. The normalized spacial score (nSPS) is 12.6. The molecule has 0 aliphatic rings. The summed E-state index contributed by atoms with van der Waals surface area (Å²) in [7, 11) is 0. The fraction of sp³-hybridized carbons (Fsp3) is 0.200. The first-order chi connectivity index (χ1) is 13.2. The lowest BCUT2D eigenvalue weighted by Crippen LogP contribution is -2.27. The molecule has 3 rings (SSSR count). The van der Waals surface area contributed by atoms with Crippen LogP contribution < -0.4 is 5.32 Å². The van der Waals surface area contributed by atoms with Crippen LogP contribution in [0.4, 0.5) is 17.6 Å². The molecule has 28 heavy (non-hydrogen) atoms. The van der Waals surface area contributed by atoms with E-state index in [1.807, 2.05) is 0 Å². The number of hydrogen-bond acceptors (Lipinski definition) is 2. The Kier molecular flexibility index (Phi) is 5.22. The molecule has 0 saturated carbocycles. The van der Waals surface area contributed by atoms with Gasteiger partial charge in [-0.05, 0) is 50.2 Å². The number of halogens is 4. The maximum Gasteiger partial charge on any atom is 0.416 e. The highest BCUT2D eigenvalue weighted by Crippen LogP contribution is 2.31. The number of nitrogens with one attached hydrogen (secondary N) is 1. The Morgan fingerprint density at radius 3 is 2.54 bits per heavy atom. The third-order valence-corrected chi connectivity index (χ3v) is 4.37. The van der Waals surface area contributed by atoms with Crippen molar-refractivity contribution in [1.82, 2.24) is 15.1 Å². The van der Waals surface area contributed by atoms with Crippen molar-refractivity contribution in [3.63, 3.8) is 0 Å². The van der Waals surface area contributed by atoms with Gasteiger partial charge in [0, 0.05) is 16.8 Å². The van der Waals surface area contributed by atoms with E-state index in [-0.39, 0.29) is 11.3 Å². The number of aromatic nitrogens is 2. The summed E-state index contributed by atoms with van der Waals surface area (Å²) in [6, 6.07) is 9.66. The van der Waals surface area contributed by atoms with E-state index < -0.39 is 29.5 Å². The number of benzene rings is 2. The molecule has 1 aromatic heterocycles. The molecular weight excluding hydrogens is 374 g/mol. The molecule has 2 aromatic carbocycles. The second-order valence-corrected chi connectivity index (χ2v) is 6.35. The smallest absolute Gasteiger partial charge is 0.345 e. The Bertz CT molecular complexity index is 1010. The minimum absolute atomic E-state index is 0.176. The summed E-state index contributed by atoms with van der Waals surface area (Å²) in [6.45, 7) is 3.42. The summed E-state index contributed by atoms with van der Waals surface area (Å²) in [5.74, 6) is -0.980. The first kappa shape index (κ1) is 19.6. The second-order valence-electron chi connectivity index (χ2n) is 6.35. The average Bonchev–Trinajstić information content (AvgIpc) is 3.02. The zero-order valence-corrected chi connectivity index (χ0v) is 15.1. The van der Waals surface area contributed by atoms with Crippen molar-refractivity contribution in [3.8, 4) is 5.69 Å². The predicted molar refractivity (Wildman–Crippen MR) is 95.6 cm³/mol. The molecular formula is C20H17F4N3O. The standard InChI is InChI=1S/C20H17F4N3O/c1-12(26-19(28)14-5-3-7-16(21)9-14)18-11-25-27(13(18)2)17-8-4-6-15(10-17)20(22,23)24/h3-12H,1-2H3,(H,26,28)/t12-/m1/s1. The number of nitrogens with zero attached hydrogens (tertiary/aromatic N) is 2. The van der Waals surface area contributed by atoms with Gasteiger partial charge in [0.15, 0.2) is 0 Å². The molecule has 1 atom stereocenters. The van der Waals surface area contributed by atoms with Gasteiger partial charge in [0.25, 0.3) is 5.91 Å². The summed E-state index contributed by atoms with van der Waals surface area (Å²) in [6.07, 6.45) is -2.96. The van der Waals surface area contributed by atoms with Crippen LogP contribution in [0, 0.1) is 12.7 Å². The van der Waals surface area contributed by atoms with Crippen LogP contribution in [-0.2, 0) is 6.18 Å². The fourth-order valence-corrected chi connectivity index (χ4v) is 2.91. The highest BCUT2D eigenvalue weighted by atomic mass is 19.4. The van der Waals surface area contributed by atoms with Crippen LogP contribution in [0.3, 0.4) is 0 Å². The van der Waals surface area contributed by atoms with Crippen LogP contribution in [0.5, 0.6) is 0 Å². The minimum Gasteiger partial charge on any atom is -0.345 e. The van der Waals surface area contributed by atoms with Crippen molar-refractivity contribution >= 4 is 5.91 Å². The lowest BCUT2D eigenvalue weighted by atomic mass is 10.1. The molecule has 4 nitrogen and oxygen atoms in total. The number of alkyl halides is 3. The van der Waals surface area contributed by atoms with Gasteiger partial charge in [-0.25, -0.2) is 9.07 Å². The van der Waals surface area contributed by atoms with Crippen molar-refractivity contribution in [2.75, 3.05) is 0 Å². The number of hydrogen-bond donors (Lipinski definition) is 1. The molecule has 0 saturated heterocycles. The maximum absolute atomic E-state index is 13.3. The average molecular weight is 391 g/mol. The molecule has 0 aliphatic heterocycles. The van der Waals surface area contributed by atoms with Crippen molar-refractivity contribution in [2.24, 2.45) is 0 Å². The van der Waals surface area contributed by atoms with Crippen LogP contribution in [0.1, 0.15) is 40.1 Å². The number of carbonyl (C=O) groups is 1. The van der Waals surface area contributed by atoms with Crippen LogP contribution in [-0.4, -0.2) is 15.7 Å². The zero-order valence-electron chi connectivity index (χ0n) is 15.1. The van der Waals surface area contributed by atoms with Crippen molar-refractivity contribution < 1.29 is 22.4 Å². The SMILES string of the molecule is Cc1c([C@@H](C)NC(=O)c2cccc(F)c2)cnn1-c1cccc(C(F)(F)F)c1. The van der Waals surface area contributed by atoms with E-state index >= 15 is 0 Å². The second kappa shape index (κ2) is 7.46. The van der Waals surface area contributed by atoms with Gasteiger partial charge in [-0.1, -0.05) is 12.1 Å². The summed E-state index contributed by atoms with van der Waals surface area (Å²) < 4.78 is 53.5. The summed E-state index contributed by atoms with van der Waals surface area (Å²) in [5.41, 5.74) is 0.902. The molecule has 0 bridgehead atoms. The summed E-state index contributed by atoms with van der Waals surface area (Å²) in [4.78, 5) is 12.3. The van der Waals surface area contributed by atoms with Gasteiger partial charge in [0.2, 0.25) is 0 Å². The lowest BCUT2D eigenvalue weighted by Gasteiger charge is -2.15. The summed E-state index contributed by atoms with van der Waals surface area (Å²) in [5, 5.41) is 6.90. The van der Waals surface area contributed by atoms with Gasteiger partial charge in [0.1, 0.15) is 5.82 Å². The predicted octanol–water partition coefficient (Wildman–Crippen LogP) is 4.83. The van der Waals surface area contributed by atoms with Gasteiger partial charge in [-0.3, -0.25) is 4.79 Å². The Labute approximate surface area is 158 Å². The molecule has 146 valence electrons. The molecule has 8 heteroatoms. The van der Waals surface area contributed by atoms with Gasteiger partial charge >= 0.3 is 6.18 Å². The van der Waals surface area contributed by atoms with Crippen molar-refractivity contribution in [2.45, 2.75) is 26.1 Å². The number of amides is 1. The van der Waals surface area contributed by atoms with Gasteiger partial charge in [-0.2, -0.15) is 18.3 Å². The molecule has 0 unspecified atom stereocenters. The lowest BCUT2D eigenvalue weighted by molar-refractivity contribution is -0.137. The van der Waals surface area contributed by atoms with Gasteiger partial charge in [0.05, 0.1) is 23.5 Å². The topological polar surface area (TPSA) is 46.9 Å². The van der Waals surface area contributed by atoms with Gasteiger partial charge in [-0.15, -0.1) is 0 Å². The molecule has 1 N–H and O–H groups in total. The molecule has 0 spiro atoms. The molecule has 1 heterocycles. The quantitative estimate of drug-likeness (QED) is 0.648. The molecule has 0 aliphatic carbocycles. The third kappa shape index (κ3) is 4.05. The van der Waals surface area contributed by atoms with E-state index in [1.54, 1.807) is 13.8 Å². The van der Waals surface area contributed by atoms with Gasteiger partial charge < -0.3 is 5.32 Å². The van der Waals surface area contributed by atoms with E-state index in [0.29, 0.717) is 11.3 Å². The third-order valence-electron chi connectivity index (χ3n) is 4.37. The maximum atomic E-state index is 13.3. The monoisotopic (exact) mass is 391 g/mol. The first-order valence-corrected chi connectivity index (χ1v) is 8.45. The van der Waals surface area contributed by atoms with E-state index in [4.69, 9.17) is 0 Å². The van der Waals surface area contributed by atoms with Crippen LogP contribution in [0.15, 0.2) is 54.7 Å². The minimum atomic E-state index is -4.45. The van der Waals surface area contributed by atoms with Crippen molar-refractivity contribution in [1.29, 1.82) is 0 Å². The van der Waals surface area contributed by atoms with Crippen molar-refractivity contribution in [3.05, 3.63) is 82.9 Å². The van der Waals surface area contributed by atoms with E-state index in [1.165, 1.54) is 41.2 Å². The fourth-order valence-electron chi connectivity index (χ4n) is 2.91. The Hall–Kier alpha value is -3.16.